The number of hydrogen-bond acceptors (Lipinski definition) is 2. The first-order valence-electron chi connectivity index (χ1n) is 4.58. The van der Waals surface area contributed by atoms with E-state index >= 15 is 0 Å². The highest BCUT2D eigenvalue weighted by Gasteiger charge is 2.40. The molecule has 74 valence electrons. The molecule has 2 aliphatic rings. The molecule has 2 aliphatic heterocycles. The molecule has 1 N–H and O–H groups in total. The van der Waals surface area contributed by atoms with Gasteiger partial charge in [-0.05, 0) is 11.8 Å². The molecule has 0 bridgehead atoms. The Morgan fingerprint density at radius 2 is 1.85 bits per heavy atom. The summed E-state index contributed by atoms with van der Waals surface area (Å²) in [5.41, 5.74) is 0. The third-order valence-corrected chi connectivity index (χ3v) is 3.73. The van der Waals surface area contributed by atoms with Crippen LogP contribution in [0.2, 0.25) is 0 Å². The van der Waals surface area contributed by atoms with E-state index in [-0.39, 0.29) is 6.03 Å². The predicted molar refractivity (Wildman–Crippen MR) is 58.6 cm³/mol. The van der Waals surface area contributed by atoms with Crippen LogP contribution in [0, 0.1) is 11.8 Å². The number of nitrogens with one attached hydrogen (secondary N) is 1. The number of nitrogens with zero attached hydrogens (tertiary/aromatic N) is 2. The van der Waals surface area contributed by atoms with Crippen LogP contribution in [0.25, 0.3) is 0 Å². The lowest BCUT2D eigenvalue weighted by molar-refractivity contribution is 0.207. The zero-order valence-corrected chi connectivity index (χ0v) is 9.82. The molecule has 0 unspecified atom stereocenters. The van der Waals surface area contributed by atoms with Crippen LogP contribution >= 0.6 is 22.9 Å². The lowest BCUT2D eigenvalue weighted by atomic mass is 10.0. The van der Waals surface area contributed by atoms with Crippen LogP contribution < -0.4 is 5.32 Å². The van der Waals surface area contributed by atoms with Crippen LogP contribution in [0.3, 0.4) is 0 Å². The fraction of sp³-hybridized carbons (Fsp3) is 0.875. The van der Waals surface area contributed by atoms with E-state index < -0.39 is 0 Å². The van der Waals surface area contributed by atoms with Crippen molar-refractivity contribution in [1.82, 2.24) is 13.3 Å². The van der Waals surface area contributed by atoms with Gasteiger partial charge in [0.1, 0.15) is 0 Å². The Bertz CT molecular complexity index is 209. The quantitative estimate of drug-likeness (QED) is 0.523. The van der Waals surface area contributed by atoms with Gasteiger partial charge in [-0.15, -0.1) is 0 Å². The monoisotopic (exact) mass is 295 g/mol. The number of rotatable bonds is 0. The van der Waals surface area contributed by atoms with Gasteiger partial charge in [0.2, 0.25) is 0 Å². The lowest BCUT2D eigenvalue weighted by Gasteiger charge is -2.17. The van der Waals surface area contributed by atoms with Gasteiger partial charge < -0.3 is 10.2 Å². The van der Waals surface area contributed by atoms with E-state index in [0.717, 1.165) is 26.2 Å². The number of amides is 2. The Hall–Kier alpha value is -0.0400. The summed E-state index contributed by atoms with van der Waals surface area (Å²) in [5.74, 6) is 1.41. The molecule has 2 amide bonds. The molecule has 2 heterocycles. The highest BCUT2D eigenvalue weighted by molar-refractivity contribution is 14.1. The van der Waals surface area contributed by atoms with Crippen molar-refractivity contribution in [2.24, 2.45) is 11.8 Å². The van der Waals surface area contributed by atoms with Gasteiger partial charge in [0.25, 0.3) is 0 Å². The molecule has 0 spiro atoms. The first-order valence-corrected chi connectivity index (χ1v) is 5.54. The smallest absolute Gasteiger partial charge is 0.317 e. The van der Waals surface area contributed by atoms with Crippen molar-refractivity contribution in [2.45, 2.75) is 0 Å². The Kier molecular flexibility index (Phi) is 2.64. The largest absolute Gasteiger partial charge is 0.341 e. The Balaban J connectivity index is 1.93. The highest BCUT2D eigenvalue weighted by Crippen LogP contribution is 2.32. The molecule has 0 aromatic heterocycles. The van der Waals surface area contributed by atoms with Crippen molar-refractivity contribution >= 4 is 28.9 Å². The van der Waals surface area contributed by atoms with E-state index in [9.17, 15) is 4.79 Å². The molecule has 0 aromatic rings. The average Bonchev–Trinajstić information content (AvgIpc) is 2.59. The first kappa shape index (κ1) is 9.51. The van der Waals surface area contributed by atoms with Gasteiger partial charge in [-0.1, -0.05) is 0 Å². The number of likely N-dealkylation sites (tertiary alicyclic amines) is 1. The summed E-state index contributed by atoms with van der Waals surface area (Å²) < 4.78 is 2.33. The predicted octanol–water partition coefficient (Wildman–Crippen LogP) is 0.539. The second-order valence-corrected chi connectivity index (χ2v) is 5.17. The lowest BCUT2D eigenvalue weighted by Crippen LogP contribution is -2.37. The summed E-state index contributed by atoms with van der Waals surface area (Å²) in [5, 5.41) is 2.68. The second kappa shape index (κ2) is 3.61. The molecule has 5 heteroatoms. The minimum absolute atomic E-state index is 0.0782. The van der Waals surface area contributed by atoms with Crippen molar-refractivity contribution in [3.8, 4) is 0 Å². The van der Waals surface area contributed by atoms with E-state index in [1.807, 2.05) is 4.90 Å². The average molecular weight is 295 g/mol. The zero-order chi connectivity index (χ0) is 9.42. The number of carbonyl (C=O) groups excluding carboxylic acids is 1. The van der Waals surface area contributed by atoms with Gasteiger partial charge in [0.15, 0.2) is 0 Å². The Morgan fingerprint density at radius 1 is 1.31 bits per heavy atom. The highest BCUT2D eigenvalue weighted by atomic mass is 127. The number of carbonyl (C=O) groups is 1. The molecule has 0 saturated carbocycles. The molecule has 13 heavy (non-hydrogen) atoms. The Labute approximate surface area is 92.1 Å². The molecule has 0 aromatic carbocycles. The second-order valence-electron chi connectivity index (χ2n) is 3.81. The van der Waals surface area contributed by atoms with Crippen LogP contribution in [-0.4, -0.2) is 47.3 Å². The number of urea groups is 1. The van der Waals surface area contributed by atoms with Gasteiger partial charge in [-0.25, -0.2) is 7.91 Å². The summed E-state index contributed by atoms with van der Waals surface area (Å²) in [6.45, 7) is 4.14. The number of hydrogen-bond donors (Lipinski definition) is 1. The van der Waals surface area contributed by atoms with Crippen molar-refractivity contribution in [3.63, 3.8) is 0 Å². The topological polar surface area (TPSA) is 35.6 Å². The maximum Gasteiger partial charge on any atom is 0.317 e. The van der Waals surface area contributed by atoms with E-state index in [1.165, 1.54) is 0 Å². The van der Waals surface area contributed by atoms with E-state index in [1.54, 1.807) is 7.05 Å². The third-order valence-electron chi connectivity index (χ3n) is 2.94. The molecule has 0 radical (unpaired) electrons. The molecular weight excluding hydrogens is 281 g/mol. The molecule has 2 atom stereocenters. The van der Waals surface area contributed by atoms with Gasteiger partial charge in [-0.2, -0.15) is 0 Å². The molecule has 2 fully saturated rings. The van der Waals surface area contributed by atoms with Crippen LogP contribution in [0.4, 0.5) is 4.79 Å². The maximum atomic E-state index is 11.3. The SMILES string of the molecule is CNC(=O)N1C[C@H]2CN(I)C[C@H]2C1. The van der Waals surface area contributed by atoms with Crippen molar-refractivity contribution in [2.75, 3.05) is 33.2 Å². The van der Waals surface area contributed by atoms with E-state index in [2.05, 4.69) is 31.3 Å². The van der Waals surface area contributed by atoms with E-state index in [0.29, 0.717) is 11.8 Å². The van der Waals surface area contributed by atoms with Gasteiger partial charge in [0, 0.05) is 56.1 Å². The van der Waals surface area contributed by atoms with Crippen LogP contribution in [0.5, 0.6) is 0 Å². The fourth-order valence-electron chi connectivity index (χ4n) is 2.26. The van der Waals surface area contributed by atoms with E-state index in [4.69, 9.17) is 0 Å². The van der Waals surface area contributed by atoms with Crippen LogP contribution in [0.15, 0.2) is 0 Å². The molecule has 0 aliphatic carbocycles. The van der Waals surface area contributed by atoms with Crippen molar-refractivity contribution in [3.05, 3.63) is 0 Å². The third kappa shape index (κ3) is 1.76. The first-order chi connectivity index (χ1) is 6.20. The molecular formula is C8H14IN3O. The summed E-state index contributed by atoms with van der Waals surface area (Å²) in [6.07, 6.45) is 0. The van der Waals surface area contributed by atoms with Crippen LogP contribution in [-0.2, 0) is 0 Å². The summed E-state index contributed by atoms with van der Waals surface area (Å²) in [7, 11) is 1.70. The summed E-state index contributed by atoms with van der Waals surface area (Å²) in [6, 6.07) is 0.0782. The zero-order valence-electron chi connectivity index (χ0n) is 7.66. The van der Waals surface area contributed by atoms with Gasteiger partial charge in [0.05, 0.1) is 0 Å². The maximum absolute atomic E-state index is 11.3. The molecule has 4 nitrogen and oxygen atoms in total. The standard InChI is InChI=1S/C8H14IN3O/c1-10-8(13)11-2-6-4-12(9)5-7(6)3-11/h6-7H,2-5H2,1H3,(H,10,13)/t6-,7+. The minimum Gasteiger partial charge on any atom is -0.341 e. The minimum atomic E-state index is 0.0782. The molecule has 2 rings (SSSR count). The normalized spacial score (nSPS) is 33.5. The summed E-state index contributed by atoms with van der Waals surface area (Å²) >= 11 is 2.37. The Morgan fingerprint density at radius 3 is 2.31 bits per heavy atom. The molecule has 2 saturated heterocycles. The van der Waals surface area contributed by atoms with Gasteiger partial charge in [-0.3, -0.25) is 0 Å². The van der Waals surface area contributed by atoms with Crippen molar-refractivity contribution < 1.29 is 4.79 Å². The summed E-state index contributed by atoms with van der Waals surface area (Å²) in [4.78, 5) is 13.3. The number of halogens is 1. The van der Waals surface area contributed by atoms with Crippen molar-refractivity contribution in [1.29, 1.82) is 0 Å². The fourth-order valence-corrected chi connectivity index (χ4v) is 3.27. The van der Waals surface area contributed by atoms with Crippen LogP contribution in [0.1, 0.15) is 0 Å². The van der Waals surface area contributed by atoms with Gasteiger partial charge >= 0.3 is 6.03 Å². The number of fused-ring (bicyclic) bond motifs is 1.